The Kier molecular flexibility index (Phi) is 2.44. The molecule has 0 unspecified atom stereocenters. The lowest BCUT2D eigenvalue weighted by Crippen LogP contribution is -1.94. The van der Waals surface area contributed by atoms with Crippen LogP contribution in [0.25, 0.3) is 11.1 Å². The van der Waals surface area contributed by atoms with Crippen molar-refractivity contribution in [3.63, 3.8) is 0 Å². The molecular weight excluding hydrogens is 224 g/mol. The van der Waals surface area contributed by atoms with Crippen molar-refractivity contribution >= 4 is 5.97 Å². The van der Waals surface area contributed by atoms with Crippen LogP contribution in [0.2, 0.25) is 0 Å². The Morgan fingerprint density at radius 1 is 0.944 bits per heavy atom. The molecule has 0 saturated carbocycles. The third-order valence-corrected chi connectivity index (χ3v) is 3.24. The van der Waals surface area contributed by atoms with Gasteiger partial charge in [-0.15, -0.1) is 0 Å². The maximum Gasteiger partial charge on any atom is 0.338 e. The standard InChI is InChI=1S/C16H14O2/c1-10-5-11(2)7-14(6-10)12-3-4-13-9-18-16(17)15(13)8-12/h3-8H,9H2,1-2H3. The molecule has 0 bridgehead atoms. The molecule has 0 saturated heterocycles. The monoisotopic (exact) mass is 238 g/mol. The van der Waals surface area contributed by atoms with E-state index in [1.54, 1.807) is 0 Å². The van der Waals surface area contributed by atoms with Crippen molar-refractivity contribution in [3.8, 4) is 11.1 Å². The number of rotatable bonds is 1. The van der Waals surface area contributed by atoms with Gasteiger partial charge in [0.2, 0.25) is 0 Å². The molecule has 0 radical (unpaired) electrons. The Labute approximate surface area is 106 Å². The second-order valence-electron chi connectivity index (χ2n) is 4.82. The quantitative estimate of drug-likeness (QED) is 0.709. The molecule has 1 aliphatic heterocycles. The van der Waals surface area contributed by atoms with Crippen LogP contribution in [0.3, 0.4) is 0 Å². The van der Waals surface area contributed by atoms with Gasteiger partial charge >= 0.3 is 5.97 Å². The summed E-state index contributed by atoms with van der Waals surface area (Å²) in [6, 6.07) is 12.4. The van der Waals surface area contributed by atoms with Crippen LogP contribution in [0.4, 0.5) is 0 Å². The molecule has 0 amide bonds. The highest BCUT2D eigenvalue weighted by molar-refractivity contribution is 5.94. The third-order valence-electron chi connectivity index (χ3n) is 3.24. The lowest BCUT2D eigenvalue weighted by atomic mass is 9.97. The zero-order valence-corrected chi connectivity index (χ0v) is 10.5. The highest BCUT2D eigenvalue weighted by atomic mass is 16.5. The molecule has 1 heterocycles. The molecule has 0 spiro atoms. The predicted molar refractivity (Wildman–Crippen MR) is 70.5 cm³/mol. The maximum atomic E-state index is 11.6. The Hall–Kier alpha value is -2.09. The molecule has 2 aromatic carbocycles. The van der Waals surface area contributed by atoms with Crippen molar-refractivity contribution in [3.05, 3.63) is 58.7 Å². The summed E-state index contributed by atoms with van der Waals surface area (Å²) < 4.78 is 5.02. The molecule has 0 aromatic heterocycles. The van der Waals surface area contributed by atoms with Gasteiger partial charge in [-0.05, 0) is 31.0 Å². The molecule has 0 N–H and O–H groups in total. The van der Waals surface area contributed by atoms with Crippen molar-refractivity contribution in [1.82, 2.24) is 0 Å². The van der Waals surface area contributed by atoms with Gasteiger partial charge in [-0.3, -0.25) is 0 Å². The first kappa shape index (κ1) is 11.0. The second-order valence-corrected chi connectivity index (χ2v) is 4.82. The first-order valence-electron chi connectivity index (χ1n) is 6.02. The molecule has 2 heteroatoms. The van der Waals surface area contributed by atoms with E-state index in [1.807, 2.05) is 12.1 Å². The van der Waals surface area contributed by atoms with Gasteiger partial charge in [0, 0.05) is 5.56 Å². The van der Waals surface area contributed by atoms with Crippen LogP contribution in [-0.2, 0) is 11.3 Å². The van der Waals surface area contributed by atoms with Crippen molar-refractivity contribution in [2.45, 2.75) is 20.5 Å². The fraction of sp³-hybridized carbons (Fsp3) is 0.188. The summed E-state index contributed by atoms with van der Waals surface area (Å²) in [5, 5.41) is 0. The van der Waals surface area contributed by atoms with Crippen LogP contribution >= 0.6 is 0 Å². The Balaban J connectivity index is 2.12. The first-order chi connectivity index (χ1) is 8.63. The van der Waals surface area contributed by atoms with E-state index in [2.05, 4.69) is 38.1 Å². The average Bonchev–Trinajstić information content (AvgIpc) is 2.69. The minimum Gasteiger partial charge on any atom is -0.457 e. The maximum absolute atomic E-state index is 11.6. The first-order valence-corrected chi connectivity index (χ1v) is 6.02. The van der Waals surface area contributed by atoms with Gasteiger partial charge in [0.15, 0.2) is 0 Å². The molecule has 1 aliphatic rings. The van der Waals surface area contributed by atoms with Gasteiger partial charge in [0.25, 0.3) is 0 Å². The Morgan fingerprint density at radius 3 is 2.39 bits per heavy atom. The fourth-order valence-electron chi connectivity index (χ4n) is 2.43. The molecular formula is C16H14O2. The lowest BCUT2D eigenvalue weighted by molar-refractivity contribution is 0.0535. The summed E-state index contributed by atoms with van der Waals surface area (Å²) in [4.78, 5) is 11.6. The van der Waals surface area contributed by atoms with E-state index in [0.29, 0.717) is 12.2 Å². The number of aryl methyl sites for hydroxylation is 2. The van der Waals surface area contributed by atoms with Crippen molar-refractivity contribution in [1.29, 1.82) is 0 Å². The number of hydrogen-bond donors (Lipinski definition) is 0. The van der Waals surface area contributed by atoms with Crippen LogP contribution in [0.15, 0.2) is 36.4 Å². The van der Waals surface area contributed by atoms with Gasteiger partial charge in [0.05, 0.1) is 5.56 Å². The predicted octanol–water partition coefficient (Wildman–Crippen LogP) is 3.64. The van der Waals surface area contributed by atoms with Gasteiger partial charge in [-0.25, -0.2) is 4.79 Å². The molecule has 90 valence electrons. The normalized spacial score (nSPS) is 13.3. The van der Waals surface area contributed by atoms with Gasteiger partial charge in [-0.1, -0.05) is 41.5 Å². The number of esters is 1. The van der Waals surface area contributed by atoms with Crippen molar-refractivity contribution in [2.24, 2.45) is 0 Å². The van der Waals surface area contributed by atoms with Crippen LogP contribution < -0.4 is 0 Å². The average molecular weight is 238 g/mol. The molecule has 2 aromatic rings. The van der Waals surface area contributed by atoms with E-state index in [0.717, 1.165) is 16.7 Å². The summed E-state index contributed by atoms with van der Waals surface area (Å²) in [6.45, 7) is 4.57. The number of hydrogen-bond acceptors (Lipinski definition) is 2. The van der Waals surface area contributed by atoms with Crippen LogP contribution in [-0.4, -0.2) is 5.97 Å². The molecule has 18 heavy (non-hydrogen) atoms. The van der Waals surface area contributed by atoms with Crippen molar-refractivity contribution in [2.75, 3.05) is 0 Å². The number of benzene rings is 2. The fourth-order valence-corrected chi connectivity index (χ4v) is 2.43. The van der Waals surface area contributed by atoms with Gasteiger partial charge in [0.1, 0.15) is 6.61 Å². The highest BCUT2D eigenvalue weighted by Crippen LogP contribution is 2.28. The van der Waals surface area contributed by atoms with E-state index < -0.39 is 0 Å². The second kappa shape index (κ2) is 3.98. The van der Waals surface area contributed by atoms with Crippen LogP contribution in [0.1, 0.15) is 27.0 Å². The van der Waals surface area contributed by atoms with E-state index in [-0.39, 0.29) is 5.97 Å². The molecule has 0 atom stereocenters. The Bertz CT molecular complexity index is 621. The minimum atomic E-state index is -0.212. The molecule has 0 fully saturated rings. The molecule has 2 nitrogen and oxygen atoms in total. The summed E-state index contributed by atoms with van der Waals surface area (Å²) in [7, 11) is 0. The molecule has 3 rings (SSSR count). The SMILES string of the molecule is Cc1cc(C)cc(-c2ccc3c(c2)C(=O)OC3)c1. The highest BCUT2D eigenvalue weighted by Gasteiger charge is 2.21. The summed E-state index contributed by atoms with van der Waals surface area (Å²) >= 11 is 0. The number of cyclic esters (lactones) is 1. The third kappa shape index (κ3) is 1.80. The Morgan fingerprint density at radius 2 is 1.67 bits per heavy atom. The smallest absolute Gasteiger partial charge is 0.338 e. The zero-order chi connectivity index (χ0) is 12.7. The molecule has 0 aliphatic carbocycles. The van der Waals surface area contributed by atoms with Crippen LogP contribution in [0.5, 0.6) is 0 Å². The van der Waals surface area contributed by atoms with E-state index in [4.69, 9.17) is 4.74 Å². The number of carbonyl (C=O) groups excluding carboxylic acids is 1. The van der Waals surface area contributed by atoms with Gasteiger partial charge in [-0.2, -0.15) is 0 Å². The summed E-state index contributed by atoms with van der Waals surface area (Å²) in [6.07, 6.45) is 0. The minimum absolute atomic E-state index is 0.212. The van der Waals surface area contributed by atoms with Crippen molar-refractivity contribution < 1.29 is 9.53 Å². The van der Waals surface area contributed by atoms with Crippen LogP contribution in [0, 0.1) is 13.8 Å². The number of fused-ring (bicyclic) bond motifs is 1. The summed E-state index contributed by atoms with van der Waals surface area (Å²) in [5.74, 6) is -0.212. The summed E-state index contributed by atoms with van der Waals surface area (Å²) in [5.41, 5.74) is 6.36. The topological polar surface area (TPSA) is 26.3 Å². The van der Waals surface area contributed by atoms with E-state index in [1.165, 1.54) is 11.1 Å². The zero-order valence-electron chi connectivity index (χ0n) is 10.5. The number of ether oxygens (including phenoxy) is 1. The van der Waals surface area contributed by atoms with E-state index in [9.17, 15) is 4.79 Å². The largest absolute Gasteiger partial charge is 0.457 e. The lowest BCUT2D eigenvalue weighted by Gasteiger charge is -2.06. The van der Waals surface area contributed by atoms with E-state index >= 15 is 0 Å². The number of carbonyl (C=O) groups is 1. The van der Waals surface area contributed by atoms with Gasteiger partial charge < -0.3 is 4.74 Å².